The van der Waals surface area contributed by atoms with Gasteiger partial charge in [-0.05, 0) is 43.3 Å². The molecule has 3 aromatic rings. The Balaban J connectivity index is 1.96. The van der Waals surface area contributed by atoms with E-state index in [0.29, 0.717) is 29.0 Å². The van der Waals surface area contributed by atoms with E-state index in [4.69, 9.17) is 27.9 Å². The molecule has 2 amide bonds. The van der Waals surface area contributed by atoms with Crippen molar-refractivity contribution in [3.63, 3.8) is 0 Å². The number of amides is 2. The first kappa shape index (κ1) is 22.7. The Kier molecular flexibility index (Phi) is 7.62. The van der Waals surface area contributed by atoms with Gasteiger partial charge in [0.05, 0.1) is 28.0 Å². The minimum Gasteiger partial charge on any atom is -0.383 e. The maximum Gasteiger partial charge on any atom is 0.332 e. The fraction of sp³-hybridized carbons (Fsp3) is 0.190. The van der Waals surface area contributed by atoms with Gasteiger partial charge in [0, 0.05) is 25.4 Å². The summed E-state index contributed by atoms with van der Waals surface area (Å²) in [5, 5.41) is 6.32. The van der Waals surface area contributed by atoms with Gasteiger partial charge in [-0.2, -0.15) is 4.98 Å². The molecule has 7 nitrogen and oxygen atoms in total. The number of hydrogen-bond acceptors (Lipinski definition) is 5. The standard InChI is InChI=1S/C21H20Cl2FN5O2/c1-13(12-31-2)26-20-25-11-10-18(28-20)29(15-8-6-14(24)7-9-15)21(30)27-17-5-3-4-16(22)19(17)23/h3-11,13H,12H2,1-2H3,(H,27,30)(H,25,26,28)/t13-/m0/s1. The van der Waals surface area contributed by atoms with Gasteiger partial charge in [0.25, 0.3) is 0 Å². The normalized spacial score (nSPS) is 11.6. The SMILES string of the molecule is COC[C@H](C)Nc1nccc(N(C(=O)Nc2cccc(Cl)c2Cl)c2ccc(F)cc2)n1. The molecule has 0 saturated carbocycles. The highest BCUT2D eigenvalue weighted by Crippen LogP contribution is 2.31. The third-order valence-electron chi connectivity index (χ3n) is 4.14. The summed E-state index contributed by atoms with van der Waals surface area (Å²) in [4.78, 5) is 23.1. The minimum absolute atomic E-state index is 0.0568. The summed E-state index contributed by atoms with van der Waals surface area (Å²) in [6, 6.07) is 11.3. The molecule has 2 N–H and O–H groups in total. The fourth-order valence-electron chi connectivity index (χ4n) is 2.77. The largest absolute Gasteiger partial charge is 0.383 e. The molecule has 0 aliphatic carbocycles. The van der Waals surface area contributed by atoms with Crippen LogP contribution in [0.4, 0.5) is 32.3 Å². The summed E-state index contributed by atoms with van der Waals surface area (Å²) in [7, 11) is 1.59. The summed E-state index contributed by atoms with van der Waals surface area (Å²) >= 11 is 12.3. The molecule has 3 rings (SSSR count). The lowest BCUT2D eigenvalue weighted by atomic mass is 10.2. The minimum atomic E-state index is -0.564. The number of ether oxygens (including phenoxy) is 1. The molecule has 0 radical (unpaired) electrons. The number of rotatable bonds is 7. The first-order valence-electron chi connectivity index (χ1n) is 9.28. The number of benzene rings is 2. The summed E-state index contributed by atoms with van der Waals surface area (Å²) in [6.45, 7) is 2.36. The van der Waals surface area contributed by atoms with Crippen LogP contribution in [0, 0.1) is 5.82 Å². The Bertz CT molecular complexity index is 1050. The maximum atomic E-state index is 13.5. The van der Waals surface area contributed by atoms with E-state index in [9.17, 15) is 9.18 Å². The van der Waals surface area contributed by atoms with Crippen LogP contribution >= 0.6 is 23.2 Å². The number of carbonyl (C=O) groups excluding carboxylic acids is 1. The summed E-state index contributed by atoms with van der Waals surface area (Å²) in [5.74, 6) is 0.146. The molecule has 0 aliphatic heterocycles. The monoisotopic (exact) mass is 463 g/mol. The number of carbonyl (C=O) groups is 1. The van der Waals surface area contributed by atoms with Crippen molar-refractivity contribution < 1.29 is 13.9 Å². The molecule has 0 fully saturated rings. The third-order valence-corrected chi connectivity index (χ3v) is 4.96. The van der Waals surface area contributed by atoms with Crippen LogP contribution in [0.5, 0.6) is 0 Å². The number of hydrogen-bond donors (Lipinski definition) is 2. The molecule has 1 atom stereocenters. The first-order valence-corrected chi connectivity index (χ1v) is 10.0. The number of anilines is 4. The van der Waals surface area contributed by atoms with Crippen molar-refractivity contribution in [3.05, 3.63) is 70.6 Å². The van der Waals surface area contributed by atoms with Gasteiger partial charge in [0.15, 0.2) is 0 Å². The Labute approximate surface area is 189 Å². The van der Waals surface area contributed by atoms with E-state index >= 15 is 0 Å². The highest BCUT2D eigenvalue weighted by Gasteiger charge is 2.22. The predicted octanol–water partition coefficient (Wildman–Crippen LogP) is 5.74. The van der Waals surface area contributed by atoms with Gasteiger partial charge in [-0.3, -0.25) is 0 Å². The lowest BCUT2D eigenvalue weighted by Crippen LogP contribution is -2.32. The molecular weight excluding hydrogens is 444 g/mol. The van der Waals surface area contributed by atoms with Gasteiger partial charge in [-0.15, -0.1) is 0 Å². The second-order valence-corrected chi connectivity index (χ2v) is 7.37. The molecule has 1 heterocycles. The van der Waals surface area contributed by atoms with Gasteiger partial charge in [0.1, 0.15) is 11.6 Å². The van der Waals surface area contributed by atoms with Crippen molar-refractivity contribution in [2.24, 2.45) is 0 Å². The predicted molar refractivity (Wildman–Crippen MR) is 121 cm³/mol. The van der Waals surface area contributed by atoms with Gasteiger partial charge >= 0.3 is 6.03 Å². The van der Waals surface area contributed by atoms with Crippen molar-refractivity contribution in [1.82, 2.24) is 9.97 Å². The van der Waals surface area contributed by atoms with E-state index < -0.39 is 11.8 Å². The van der Waals surface area contributed by atoms with Gasteiger partial charge in [0.2, 0.25) is 5.95 Å². The second kappa shape index (κ2) is 10.4. The number of nitrogens with one attached hydrogen (secondary N) is 2. The smallest absolute Gasteiger partial charge is 0.332 e. The van der Waals surface area contributed by atoms with Crippen LogP contribution in [-0.4, -0.2) is 35.8 Å². The number of urea groups is 1. The van der Waals surface area contributed by atoms with E-state index in [0.717, 1.165) is 0 Å². The summed E-state index contributed by atoms with van der Waals surface area (Å²) in [5.41, 5.74) is 0.721. The fourth-order valence-corrected chi connectivity index (χ4v) is 3.12. The Morgan fingerprint density at radius 3 is 2.65 bits per heavy atom. The average molecular weight is 464 g/mol. The van der Waals surface area contributed by atoms with Gasteiger partial charge < -0.3 is 15.4 Å². The summed E-state index contributed by atoms with van der Waals surface area (Å²) in [6.07, 6.45) is 1.51. The highest BCUT2D eigenvalue weighted by molar-refractivity contribution is 6.44. The van der Waals surface area contributed by atoms with Crippen LogP contribution in [0.2, 0.25) is 10.0 Å². The van der Waals surface area contributed by atoms with Crippen LogP contribution < -0.4 is 15.5 Å². The third kappa shape index (κ3) is 5.81. The Morgan fingerprint density at radius 2 is 1.94 bits per heavy atom. The molecule has 31 heavy (non-hydrogen) atoms. The molecule has 2 aromatic carbocycles. The zero-order valence-corrected chi connectivity index (χ0v) is 18.3. The molecule has 0 bridgehead atoms. The number of aromatic nitrogens is 2. The van der Waals surface area contributed by atoms with E-state index in [-0.39, 0.29) is 16.9 Å². The average Bonchev–Trinajstić information content (AvgIpc) is 2.73. The Hall–Kier alpha value is -2.94. The van der Waals surface area contributed by atoms with Crippen LogP contribution in [0.25, 0.3) is 0 Å². The maximum absolute atomic E-state index is 13.5. The van der Waals surface area contributed by atoms with Crippen molar-refractivity contribution >= 4 is 52.4 Å². The first-order chi connectivity index (χ1) is 14.9. The van der Waals surface area contributed by atoms with Gasteiger partial charge in [-0.1, -0.05) is 29.3 Å². The molecule has 162 valence electrons. The van der Waals surface area contributed by atoms with E-state index in [1.54, 1.807) is 31.4 Å². The molecule has 0 saturated heterocycles. The number of methoxy groups -OCH3 is 1. The quantitative estimate of drug-likeness (QED) is 0.466. The van der Waals surface area contributed by atoms with Crippen LogP contribution in [0.3, 0.4) is 0 Å². The molecule has 10 heteroatoms. The highest BCUT2D eigenvalue weighted by atomic mass is 35.5. The van der Waals surface area contributed by atoms with E-state index in [1.807, 2.05) is 6.92 Å². The zero-order valence-electron chi connectivity index (χ0n) is 16.8. The molecule has 0 unspecified atom stereocenters. The van der Waals surface area contributed by atoms with Crippen LogP contribution in [0.15, 0.2) is 54.7 Å². The van der Waals surface area contributed by atoms with Crippen LogP contribution in [0.1, 0.15) is 6.92 Å². The molecule has 0 spiro atoms. The van der Waals surface area contributed by atoms with Crippen LogP contribution in [-0.2, 0) is 4.74 Å². The Morgan fingerprint density at radius 1 is 1.19 bits per heavy atom. The van der Waals surface area contributed by atoms with Crippen molar-refractivity contribution in [2.45, 2.75) is 13.0 Å². The molecular formula is C21H20Cl2FN5O2. The summed E-state index contributed by atoms with van der Waals surface area (Å²) < 4.78 is 18.6. The number of nitrogens with zero attached hydrogens (tertiary/aromatic N) is 3. The van der Waals surface area contributed by atoms with E-state index in [2.05, 4.69) is 20.6 Å². The van der Waals surface area contributed by atoms with Crippen molar-refractivity contribution in [1.29, 1.82) is 0 Å². The lowest BCUT2D eigenvalue weighted by molar-refractivity contribution is 0.190. The second-order valence-electron chi connectivity index (χ2n) is 6.58. The molecule has 1 aromatic heterocycles. The molecule has 0 aliphatic rings. The number of halogens is 3. The topological polar surface area (TPSA) is 79.4 Å². The van der Waals surface area contributed by atoms with E-state index in [1.165, 1.54) is 35.4 Å². The lowest BCUT2D eigenvalue weighted by Gasteiger charge is -2.23. The zero-order chi connectivity index (χ0) is 22.4. The van der Waals surface area contributed by atoms with Crippen molar-refractivity contribution in [3.8, 4) is 0 Å². The van der Waals surface area contributed by atoms with Gasteiger partial charge in [-0.25, -0.2) is 19.1 Å². The van der Waals surface area contributed by atoms with Crippen molar-refractivity contribution in [2.75, 3.05) is 29.3 Å².